The zero-order valence-electron chi connectivity index (χ0n) is 10.9. The van der Waals surface area contributed by atoms with E-state index >= 15 is 0 Å². The zero-order chi connectivity index (χ0) is 15.5. The number of hydrogen-bond acceptors (Lipinski definition) is 3. The first-order valence-electron chi connectivity index (χ1n) is 6.06. The Bertz CT molecular complexity index is 750. The number of halogens is 2. The Morgan fingerprint density at radius 3 is 2.48 bits per heavy atom. The van der Waals surface area contributed by atoms with Crippen molar-refractivity contribution in [3.05, 3.63) is 64.4 Å². The topological polar surface area (TPSA) is 66.4 Å². The molecule has 0 atom stereocenters. The number of hydrogen-bond donors (Lipinski definition) is 2. The van der Waals surface area contributed by atoms with Crippen LogP contribution in [0.3, 0.4) is 0 Å². The van der Waals surface area contributed by atoms with Gasteiger partial charge in [0.05, 0.1) is 11.5 Å². The summed E-state index contributed by atoms with van der Waals surface area (Å²) in [6, 6.07) is 9.93. The normalized spacial score (nSPS) is 11.6. The van der Waals surface area contributed by atoms with Crippen LogP contribution in [0.25, 0.3) is 0 Å². The third-order valence-corrected chi connectivity index (χ3v) is 4.67. The molecule has 112 valence electrons. The zero-order valence-corrected chi connectivity index (χ0v) is 12.5. The second-order valence-corrected chi connectivity index (χ2v) is 6.50. The van der Waals surface area contributed by atoms with Gasteiger partial charge in [-0.25, -0.2) is 17.5 Å². The number of aliphatic hydroxyl groups excluding tert-OH is 1. The fourth-order valence-corrected chi connectivity index (χ4v) is 3.06. The van der Waals surface area contributed by atoms with Gasteiger partial charge >= 0.3 is 0 Å². The summed E-state index contributed by atoms with van der Waals surface area (Å²) in [4.78, 5) is -0.0407. The molecule has 21 heavy (non-hydrogen) atoms. The average Bonchev–Trinajstić information content (AvgIpc) is 2.46. The van der Waals surface area contributed by atoms with Crippen LogP contribution in [0.1, 0.15) is 11.1 Å². The third kappa shape index (κ3) is 3.79. The van der Waals surface area contributed by atoms with Crippen LogP contribution in [0.4, 0.5) is 4.39 Å². The highest BCUT2D eigenvalue weighted by Crippen LogP contribution is 2.21. The van der Waals surface area contributed by atoms with E-state index in [9.17, 15) is 12.8 Å². The monoisotopic (exact) mass is 329 g/mol. The summed E-state index contributed by atoms with van der Waals surface area (Å²) >= 11 is 5.87. The molecule has 2 aromatic rings. The first-order valence-corrected chi connectivity index (χ1v) is 7.92. The fraction of sp³-hybridized carbons (Fsp3) is 0.143. The van der Waals surface area contributed by atoms with Crippen LogP contribution in [-0.4, -0.2) is 13.5 Å². The van der Waals surface area contributed by atoms with Crippen LogP contribution in [-0.2, 0) is 23.2 Å². The highest BCUT2D eigenvalue weighted by molar-refractivity contribution is 7.89. The maximum atomic E-state index is 13.4. The van der Waals surface area contributed by atoms with E-state index in [1.54, 1.807) is 6.07 Å². The maximum Gasteiger partial charge on any atom is 0.240 e. The molecule has 0 saturated carbocycles. The van der Waals surface area contributed by atoms with Crippen molar-refractivity contribution in [2.24, 2.45) is 0 Å². The number of rotatable bonds is 5. The highest BCUT2D eigenvalue weighted by atomic mass is 35.5. The number of aliphatic hydroxyl groups is 1. The van der Waals surface area contributed by atoms with Crippen molar-refractivity contribution in [3.8, 4) is 0 Å². The van der Waals surface area contributed by atoms with Crippen molar-refractivity contribution in [2.45, 2.75) is 18.0 Å². The molecule has 0 saturated heterocycles. The van der Waals surface area contributed by atoms with Gasteiger partial charge in [-0.1, -0.05) is 35.9 Å². The van der Waals surface area contributed by atoms with Gasteiger partial charge in [0.1, 0.15) is 5.82 Å². The Hall–Kier alpha value is -1.47. The van der Waals surface area contributed by atoms with Gasteiger partial charge in [-0.15, -0.1) is 0 Å². The van der Waals surface area contributed by atoms with Crippen molar-refractivity contribution in [1.29, 1.82) is 0 Å². The Kier molecular flexibility index (Phi) is 4.95. The molecule has 0 amide bonds. The summed E-state index contributed by atoms with van der Waals surface area (Å²) in [6.45, 7) is -0.434. The summed E-state index contributed by atoms with van der Waals surface area (Å²) in [6.07, 6.45) is 0. The summed E-state index contributed by atoms with van der Waals surface area (Å²) in [5.41, 5.74) is 0.684. The van der Waals surface area contributed by atoms with E-state index in [0.29, 0.717) is 5.56 Å². The van der Waals surface area contributed by atoms with E-state index in [0.717, 1.165) is 0 Å². The minimum Gasteiger partial charge on any atom is -0.392 e. The molecule has 0 unspecified atom stereocenters. The Morgan fingerprint density at radius 1 is 1.14 bits per heavy atom. The lowest BCUT2D eigenvalue weighted by Crippen LogP contribution is -2.23. The molecule has 0 spiro atoms. The van der Waals surface area contributed by atoms with Crippen LogP contribution in [0, 0.1) is 5.82 Å². The van der Waals surface area contributed by atoms with Crippen molar-refractivity contribution in [1.82, 2.24) is 4.72 Å². The van der Waals surface area contributed by atoms with E-state index in [4.69, 9.17) is 16.7 Å². The summed E-state index contributed by atoms with van der Waals surface area (Å²) in [5.74, 6) is -0.478. The molecule has 0 aliphatic rings. The van der Waals surface area contributed by atoms with E-state index in [1.807, 2.05) is 0 Å². The molecule has 0 radical (unpaired) electrons. The Labute approximate surface area is 127 Å². The number of nitrogens with one attached hydrogen (secondary N) is 1. The lowest BCUT2D eigenvalue weighted by Gasteiger charge is -2.09. The third-order valence-electron chi connectivity index (χ3n) is 2.92. The Morgan fingerprint density at radius 2 is 1.86 bits per heavy atom. The second-order valence-electron chi connectivity index (χ2n) is 4.33. The summed E-state index contributed by atoms with van der Waals surface area (Å²) in [7, 11) is -3.81. The van der Waals surface area contributed by atoms with Gasteiger partial charge in [0.15, 0.2) is 0 Å². The first kappa shape index (κ1) is 15.9. The molecule has 7 heteroatoms. The molecule has 0 fully saturated rings. The SMILES string of the molecule is O=S(=O)(NCc1ccccc1F)c1ccc(CO)c(Cl)c1. The molecule has 2 rings (SSSR count). The maximum absolute atomic E-state index is 13.4. The first-order chi connectivity index (χ1) is 9.94. The lowest BCUT2D eigenvalue weighted by atomic mass is 10.2. The van der Waals surface area contributed by atoms with Crippen LogP contribution in [0.2, 0.25) is 5.02 Å². The van der Waals surface area contributed by atoms with Gasteiger partial charge < -0.3 is 5.11 Å². The van der Waals surface area contributed by atoms with Crippen molar-refractivity contribution in [3.63, 3.8) is 0 Å². The van der Waals surface area contributed by atoms with E-state index < -0.39 is 15.8 Å². The van der Waals surface area contributed by atoms with Crippen LogP contribution >= 0.6 is 11.6 Å². The van der Waals surface area contributed by atoms with Crippen LogP contribution in [0.5, 0.6) is 0 Å². The molecule has 0 aromatic heterocycles. The molecule has 0 heterocycles. The van der Waals surface area contributed by atoms with Gasteiger partial charge in [-0.05, 0) is 23.8 Å². The van der Waals surface area contributed by atoms with Crippen molar-refractivity contribution >= 4 is 21.6 Å². The van der Waals surface area contributed by atoms with Crippen LogP contribution in [0.15, 0.2) is 47.4 Å². The largest absolute Gasteiger partial charge is 0.392 e. The molecule has 2 aromatic carbocycles. The van der Waals surface area contributed by atoms with Gasteiger partial charge in [0, 0.05) is 17.1 Å². The summed E-state index contributed by atoms with van der Waals surface area (Å²) < 4.78 is 40.0. The summed E-state index contributed by atoms with van der Waals surface area (Å²) in [5, 5.41) is 9.16. The van der Waals surface area contributed by atoms with Gasteiger partial charge in [0.25, 0.3) is 0 Å². The molecule has 0 aliphatic heterocycles. The molecule has 0 bridgehead atoms. The van der Waals surface area contributed by atoms with Gasteiger partial charge in [0.2, 0.25) is 10.0 Å². The smallest absolute Gasteiger partial charge is 0.240 e. The predicted octanol–water partition coefficient (Wildman–Crippen LogP) is 2.45. The average molecular weight is 330 g/mol. The van der Waals surface area contributed by atoms with E-state index in [2.05, 4.69) is 4.72 Å². The minimum atomic E-state index is -3.81. The van der Waals surface area contributed by atoms with E-state index in [1.165, 1.54) is 36.4 Å². The van der Waals surface area contributed by atoms with E-state index in [-0.39, 0.29) is 28.6 Å². The molecule has 2 N–H and O–H groups in total. The van der Waals surface area contributed by atoms with Gasteiger partial charge in [-0.2, -0.15) is 0 Å². The molecular weight excluding hydrogens is 317 g/mol. The molecule has 4 nitrogen and oxygen atoms in total. The highest BCUT2D eigenvalue weighted by Gasteiger charge is 2.16. The minimum absolute atomic E-state index is 0.0407. The Balaban J connectivity index is 2.19. The van der Waals surface area contributed by atoms with Crippen LogP contribution < -0.4 is 4.72 Å². The second kappa shape index (κ2) is 6.53. The number of benzene rings is 2. The van der Waals surface area contributed by atoms with Gasteiger partial charge in [-0.3, -0.25) is 0 Å². The van der Waals surface area contributed by atoms with Crippen molar-refractivity contribution in [2.75, 3.05) is 0 Å². The lowest BCUT2D eigenvalue weighted by molar-refractivity contribution is 0.282. The quantitative estimate of drug-likeness (QED) is 0.885. The predicted molar refractivity (Wildman–Crippen MR) is 77.8 cm³/mol. The van der Waals surface area contributed by atoms with Crippen molar-refractivity contribution < 1.29 is 17.9 Å². The molecule has 0 aliphatic carbocycles. The number of sulfonamides is 1. The molecular formula is C14H13ClFNO3S. The fourth-order valence-electron chi connectivity index (χ4n) is 1.72. The standard InChI is InChI=1S/C14H13ClFNO3S/c15-13-7-12(6-5-11(13)9-18)21(19,20)17-8-10-3-1-2-4-14(10)16/h1-7,17-18H,8-9H2.